The maximum absolute atomic E-state index is 12.5. The number of benzene rings is 1. The van der Waals surface area contributed by atoms with Crippen LogP contribution in [0.1, 0.15) is 22.3 Å². The van der Waals surface area contributed by atoms with Crippen LogP contribution in [0.2, 0.25) is 0 Å². The van der Waals surface area contributed by atoms with Gasteiger partial charge in [0.05, 0.1) is 0 Å². The van der Waals surface area contributed by atoms with Gasteiger partial charge in [-0.05, 0) is 24.1 Å². The quantitative estimate of drug-likeness (QED) is 0.586. The second-order valence-corrected chi connectivity index (χ2v) is 5.12. The first-order valence-corrected chi connectivity index (χ1v) is 7.24. The van der Waals surface area contributed by atoms with Gasteiger partial charge in [0.15, 0.2) is 0 Å². The standard InChI is InChI=1S/C14H13BrF3NO/c15-9-10-1-3-11(4-2-10)13(20)19-7-5-12(6-8-19)14(16,17)18/h1-5H,6-9H2. The number of rotatable bonds is 2. The van der Waals surface area contributed by atoms with Crippen molar-refractivity contribution in [1.29, 1.82) is 0 Å². The Bertz CT molecular complexity index is 522. The molecule has 0 aromatic heterocycles. The number of hydrogen-bond acceptors (Lipinski definition) is 1. The molecule has 0 bridgehead atoms. The number of alkyl halides is 4. The molecule has 0 atom stereocenters. The summed E-state index contributed by atoms with van der Waals surface area (Å²) in [4.78, 5) is 13.6. The van der Waals surface area contributed by atoms with Gasteiger partial charge in [0.1, 0.15) is 0 Å². The fourth-order valence-corrected chi connectivity index (χ4v) is 2.40. The van der Waals surface area contributed by atoms with Crippen molar-refractivity contribution in [3.63, 3.8) is 0 Å². The fraction of sp³-hybridized carbons (Fsp3) is 0.357. The summed E-state index contributed by atoms with van der Waals surface area (Å²) in [5.41, 5.74) is 0.995. The van der Waals surface area contributed by atoms with E-state index in [0.29, 0.717) is 10.9 Å². The second-order valence-electron chi connectivity index (χ2n) is 4.56. The average Bonchev–Trinajstić information content (AvgIpc) is 2.46. The molecule has 1 aromatic rings. The molecule has 1 heterocycles. The van der Waals surface area contributed by atoms with Crippen LogP contribution in [0.4, 0.5) is 13.2 Å². The predicted molar refractivity (Wildman–Crippen MR) is 73.7 cm³/mol. The van der Waals surface area contributed by atoms with Gasteiger partial charge in [-0.15, -0.1) is 0 Å². The van der Waals surface area contributed by atoms with E-state index in [-0.39, 0.29) is 25.4 Å². The molecule has 6 heteroatoms. The first-order valence-electron chi connectivity index (χ1n) is 6.12. The van der Waals surface area contributed by atoms with Crippen LogP contribution in [-0.2, 0) is 5.33 Å². The maximum atomic E-state index is 12.5. The minimum atomic E-state index is -4.29. The highest BCUT2D eigenvalue weighted by Crippen LogP contribution is 2.30. The Morgan fingerprint density at radius 3 is 2.35 bits per heavy atom. The number of carbonyl (C=O) groups is 1. The van der Waals surface area contributed by atoms with Gasteiger partial charge in [0.2, 0.25) is 0 Å². The van der Waals surface area contributed by atoms with Gasteiger partial charge in [-0.3, -0.25) is 4.79 Å². The highest BCUT2D eigenvalue weighted by atomic mass is 79.9. The molecule has 0 saturated carbocycles. The van der Waals surface area contributed by atoms with Crippen molar-refractivity contribution in [2.45, 2.75) is 17.9 Å². The monoisotopic (exact) mass is 347 g/mol. The van der Waals surface area contributed by atoms with Gasteiger partial charge >= 0.3 is 6.18 Å². The Morgan fingerprint density at radius 2 is 1.90 bits per heavy atom. The Labute approximate surface area is 123 Å². The predicted octanol–water partition coefficient (Wildman–Crippen LogP) is 3.92. The highest BCUT2D eigenvalue weighted by molar-refractivity contribution is 9.08. The van der Waals surface area contributed by atoms with Gasteiger partial charge in [0, 0.05) is 29.6 Å². The summed E-state index contributed by atoms with van der Waals surface area (Å²) in [5, 5.41) is 0.697. The van der Waals surface area contributed by atoms with Crippen LogP contribution in [-0.4, -0.2) is 30.1 Å². The molecule has 2 rings (SSSR count). The van der Waals surface area contributed by atoms with Crippen molar-refractivity contribution < 1.29 is 18.0 Å². The molecule has 1 aliphatic rings. The van der Waals surface area contributed by atoms with Crippen molar-refractivity contribution in [2.24, 2.45) is 0 Å². The molecule has 0 radical (unpaired) electrons. The van der Waals surface area contributed by atoms with Gasteiger partial charge in [-0.2, -0.15) is 13.2 Å². The van der Waals surface area contributed by atoms with E-state index < -0.39 is 11.7 Å². The summed E-state index contributed by atoms with van der Waals surface area (Å²) in [6.45, 7) is 0.109. The molecule has 1 aromatic carbocycles. The summed E-state index contributed by atoms with van der Waals surface area (Å²) in [6, 6.07) is 7.04. The Morgan fingerprint density at radius 1 is 1.25 bits per heavy atom. The van der Waals surface area contributed by atoms with E-state index in [9.17, 15) is 18.0 Å². The van der Waals surface area contributed by atoms with E-state index in [4.69, 9.17) is 0 Å². The third kappa shape index (κ3) is 3.42. The molecule has 0 spiro atoms. The first-order chi connectivity index (χ1) is 9.41. The molecule has 0 aliphatic carbocycles. The number of nitrogens with zero attached hydrogens (tertiary/aromatic N) is 1. The topological polar surface area (TPSA) is 20.3 Å². The molecule has 20 heavy (non-hydrogen) atoms. The molecule has 0 fully saturated rings. The molecule has 108 valence electrons. The number of halogens is 4. The highest BCUT2D eigenvalue weighted by Gasteiger charge is 2.35. The van der Waals surface area contributed by atoms with Gasteiger partial charge in [-0.1, -0.05) is 34.1 Å². The lowest BCUT2D eigenvalue weighted by molar-refractivity contribution is -0.0957. The maximum Gasteiger partial charge on any atom is 0.412 e. The van der Waals surface area contributed by atoms with Crippen LogP contribution < -0.4 is 0 Å². The van der Waals surface area contributed by atoms with Crippen LogP contribution >= 0.6 is 15.9 Å². The van der Waals surface area contributed by atoms with Gasteiger partial charge in [-0.25, -0.2) is 0 Å². The zero-order valence-corrected chi connectivity index (χ0v) is 12.2. The Hall–Kier alpha value is -1.30. The van der Waals surface area contributed by atoms with Crippen molar-refractivity contribution in [3.8, 4) is 0 Å². The lowest BCUT2D eigenvalue weighted by atomic mass is 10.1. The smallest absolute Gasteiger partial charge is 0.335 e. The summed E-state index contributed by atoms with van der Waals surface area (Å²) in [5.74, 6) is -0.233. The van der Waals surface area contributed by atoms with Gasteiger partial charge in [0.25, 0.3) is 5.91 Å². The molecular weight excluding hydrogens is 335 g/mol. The molecule has 0 N–H and O–H groups in total. The number of carbonyl (C=O) groups excluding carboxylic acids is 1. The fourth-order valence-electron chi connectivity index (χ4n) is 2.03. The van der Waals surface area contributed by atoms with Crippen molar-refractivity contribution in [2.75, 3.05) is 13.1 Å². The van der Waals surface area contributed by atoms with Crippen molar-refractivity contribution in [1.82, 2.24) is 4.90 Å². The molecule has 0 unspecified atom stereocenters. The largest absolute Gasteiger partial charge is 0.412 e. The van der Waals surface area contributed by atoms with Crippen LogP contribution in [0.25, 0.3) is 0 Å². The van der Waals surface area contributed by atoms with Crippen LogP contribution in [0.5, 0.6) is 0 Å². The average molecular weight is 348 g/mol. The summed E-state index contributed by atoms with van der Waals surface area (Å²) < 4.78 is 37.5. The zero-order chi connectivity index (χ0) is 14.8. The molecule has 1 amide bonds. The minimum absolute atomic E-state index is 0.00781. The zero-order valence-electron chi connectivity index (χ0n) is 10.6. The van der Waals surface area contributed by atoms with E-state index in [2.05, 4.69) is 15.9 Å². The lowest BCUT2D eigenvalue weighted by Crippen LogP contribution is -2.36. The van der Waals surface area contributed by atoms with E-state index in [1.54, 1.807) is 12.1 Å². The summed E-state index contributed by atoms with van der Waals surface area (Å²) >= 11 is 3.31. The lowest BCUT2D eigenvalue weighted by Gasteiger charge is -2.27. The molecule has 2 nitrogen and oxygen atoms in total. The molecular formula is C14H13BrF3NO. The summed E-state index contributed by atoms with van der Waals surface area (Å²) in [6.07, 6.45) is -3.34. The van der Waals surface area contributed by atoms with E-state index in [1.165, 1.54) is 4.90 Å². The number of hydrogen-bond donors (Lipinski definition) is 0. The Kier molecular flexibility index (Phi) is 4.52. The second kappa shape index (κ2) is 5.99. The first kappa shape index (κ1) is 15.1. The molecule has 0 saturated heterocycles. The van der Waals surface area contributed by atoms with Gasteiger partial charge < -0.3 is 4.90 Å². The van der Waals surface area contributed by atoms with Crippen molar-refractivity contribution >= 4 is 21.8 Å². The molecule has 1 aliphatic heterocycles. The third-order valence-corrected chi connectivity index (χ3v) is 3.86. The van der Waals surface area contributed by atoms with E-state index in [0.717, 1.165) is 11.6 Å². The van der Waals surface area contributed by atoms with E-state index in [1.807, 2.05) is 12.1 Å². The SMILES string of the molecule is O=C(c1ccc(CBr)cc1)N1CC=C(C(F)(F)F)CC1. The van der Waals surface area contributed by atoms with E-state index >= 15 is 0 Å². The summed E-state index contributed by atoms with van der Waals surface area (Å²) in [7, 11) is 0. The number of amides is 1. The minimum Gasteiger partial charge on any atom is -0.335 e. The Balaban J connectivity index is 2.06. The van der Waals surface area contributed by atoms with Crippen LogP contribution in [0.15, 0.2) is 35.9 Å². The van der Waals surface area contributed by atoms with Crippen LogP contribution in [0, 0.1) is 0 Å². The third-order valence-electron chi connectivity index (χ3n) is 3.22. The van der Waals surface area contributed by atoms with Crippen LogP contribution in [0.3, 0.4) is 0 Å². The normalized spacial score (nSPS) is 16.0. The van der Waals surface area contributed by atoms with Crippen molar-refractivity contribution in [3.05, 3.63) is 47.0 Å².